The van der Waals surface area contributed by atoms with E-state index < -0.39 is 0 Å². The zero-order valence-corrected chi connectivity index (χ0v) is 14.8. The molecule has 0 spiro atoms. The molecule has 0 bridgehead atoms. The molecule has 1 heterocycles. The van der Waals surface area contributed by atoms with Gasteiger partial charge in [-0.2, -0.15) is 0 Å². The van der Waals surface area contributed by atoms with Crippen LogP contribution in [0.15, 0.2) is 48.5 Å². The van der Waals surface area contributed by atoms with Crippen LogP contribution < -0.4 is 19.7 Å². The highest BCUT2D eigenvalue weighted by molar-refractivity contribution is 6.00. The van der Waals surface area contributed by atoms with Crippen molar-refractivity contribution in [3.8, 4) is 11.5 Å². The molecule has 7 nitrogen and oxygen atoms in total. The van der Waals surface area contributed by atoms with Crippen molar-refractivity contribution < 1.29 is 19.1 Å². The number of carbonyl (C=O) groups excluding carboxylic acids is 2. The second-order valence-corrected chi connectivity index (χ2v) is 5.81. The molecule has 0 unspecified atom stereocenters. The van der Waals surface area contributed by atoms with Crippen molar-refractivity contribution in [2.75, 3.05) is 44.1 Å². The molecular formula is C19H21N3O4. The quantitative estimate of drug-likeness (QED) is 0.865. The van der Waals surface area contributed by atoms with E-state index in [4.69, 9.17) is 9.47 Å². The van der Waals surface area contributed by atoms with E-state index in [1.165, 1.54) is 4.90 Å². The molecule has 1 aliphatic rings. The van der Waals surface area contributed by atoms with Gasteiger partial charge in [0.1, 0.15) is 18.0 Å². The summed E-state index contributed by atoms with van der Waals surface area (Å²) in [6.07, 6.45) is 0. The lowest BCUT2D eigenvalue weighted by Gasteiger charge is -2.20. The summed E-state index contributed by atoms with van der Waals surface area (Å²) in [5, 5.41) is 2.79. The molecule has 1 fully saturated rings. The molecule has 0 radical (unpaired) electrons. The SMILES string of the molecule is COc1cccc(NC(=O)CN2CCN(c3ccccc3OC)C2=O)c1. The van der Waals surface area contributed by atoms with Gasteiger partial charge < -0.3 is 19.7 Å². The summed E-state index contributed by atoms with van der Waals surface area (Å²) in [5.41, 5.74) is 1.33. The van der Waals surface area contributed by atoms with Crippen LogP contribution in [0.3, 0.4) is 0 Å². The van der Waals surface area contributed by atoms with Crippen molar-refractivity contribution in [3.05, 3.63) is 48.5 Å². The predicted molar refractivity (Wildman–Crippen MR) is 98.9 cm³/mol. The van der Waals surface area contributed by atoms with Crippen LogP contribution in [0.1, 0.15) is 0 Å². The first-order valence-electron chi connectivity index (χ1n) is 8.25. The largest absolute Gasteiger partial charge is 0.497 e. The lowest BCUT2D eigenvalue weighted by molar-refractivity contribution is -0.116. The van der Waals surface area contributed by atoms with Crippen molar-refractivity contribution in [1.82, 2.24) is 4.90 Å². The maximum absolute atomic E-state index is 12.7. The number of nitrogens with one attached hydrogen (secondary N) is 1. The fourth-order valence-electron chi connectivity index (χ4n) is 2.88. The van der Waals surface area contributed by atoms with E-state index in [2.05, 4.69) is 5.32 Å². The van der Waals surface area contributed by atoms with E-state index in [-0.39, 0.29) is 18.5 Å². The molecular weight excluding hydrogens is 334 g/mol. The molecule has 3 amide bonds. The fraction of sp³-hybridized carbons (Fsp3) is 0.263. The Labute approximate surface area is 152 Å². The van der Waals surface area contributed by atoms with Gasteiger partial charge in [0.05, 0.1) is 19.9 Å². The highest BCUT2D eigenvalue weighted by Crippen LogP contribution is 2.30. The summed E-state index contributed by atoms with van der Waals surface area (Å²) in [7, 11) is 3.13. The smallest absolute Gasteiger partial charge is 0.325 e. The standard InChI is InChI=1S/C19H21N3O4/c1-25-15-7-5-6-14(12-15)20-18(23)13-21-10-11-22(19(21)24)16-8-3-4-9-17(16)26-2/h3-9,12H,10-11,13H2,1-2H3,(H,20,23). The van der Waals surface area contributed by atoms with E-state index in [0.29, 0.717) is 36.0 Å². The molecule has 0 saturated carbocycles. The van der Waals surface area contributed by atoms with Crippen LogP contribution in [0.5, 0.6) is 11.5 Å². The number of para-hydroxylation sites is 2. The number of rotatable bonds is 6. The van der Waals surface area contributed by atoms with Gasteiger partial charge in [-0.1, -0.05) is 18.2 Å². The Hall–Kier alpha value is -3.22. The van der Waals surface area contributed by atoms with Gasteiger partial charge in [0.15, 0.2) is 0 Å². The summed E-state index contributed by atoms with van der Waals surface area (Å²) in [6.45, 7) is 0.968. The van der Waals surface area contributed by atoms with E-state index in [1.807, 2.05) is 18.2 Å². The lowest BCUT2D eigenvalue weighted by Crippen LogP contribution is -2.37. The molecule has 2 aromatic carbocycles. The first kappa shape index (κ1) is 17.6. The molecule has 3 rings (SSSR count). The van der Waals surface area contributed by atoms with E-state index in [9.17, 15) is 9.59 Å². The Morgan fingerprint density at radius 3 is 2.65 bits per heavy atom. The topological polar surface area (TPSA) is 71.1 Å². The molecule has 1 saturated heterocycles. The van der Waals surface area contributed by atoms with Crippen LogP contribution in [-0.2, 0) is 4.79 Å². The highest BCUT2D eigenvalue weighted by Gasteiger charge is 2.32. The van der Waals surface area contributed by atoms with Gasteiger partial charge in [0, 0.05) is 24.8 Å². The van der Waals surface area contributed by atoms with Crippen molar-refractivity contribution in [1.29, 1.82) is 0 Å². The van der Waals surface area contributed by atoms with E-state index in [0.717, 1.165) is 0 Å². The zero-order chi connectivity index (χ0) is 18.5. The number of hydrogen-bond donors (Lipinski definition) is 1. The number of nitrogens with zero attached hydrogens (tertiary/aromatic N) is 2. The van der Waals surface area contributed by atoms with Gasteiger partial charge in [0.25, 0.3) is 0 Å². The molecule has 136 valence electrons. The summed E-state index contributed by atoms with van der Waals surface area (Å²) in [5.74, 6) is 1.03. The number of urea groups is 1. The van der Waals surface area contributed by atoms with Gasteiger partial charge >= 0.3 is 6.03 Å². The third-order valence-corrected chi connectivity index (χ3v) is 4.16. The molecule has 0 aromatic heterocycles. The number of hydrogen-bond acceptors (Lipinski definition) is 4. The van der Waals surface area contributed by atoms with Gasteiger partial charge in [-0.25, -0.2) is 4.79 Å². The Morgan fingerprint density at radius 2 is 1.88 bits per heavy atom. The van der Waals surface area contributed by atoms with Crippen molar-refractivity contribution in [2.45, 2.75) is 0 Å². The van der Waals surface area contributed by atoms with Crippen LogP contribution >= 0.6 is 0 Å². The predicted octanol–water partition coefficient (Wildman–Crippen LogP) is 2.58. The van der Waals surface area contributed by atoms with E-state index in [1.54, 1.807) is 49.5 Å². The fourth-order valence-corrected chi connectivity index (χ4v) is 2.88. The van der Waals surface area contributed by atoms with Gasteiger partial charge in [-0.15, -0.1) is 0 Å². The molecule has 1 aliphatic heterocycles. The normalized spacial score (nSPS) is 13.7. The monoisotopic (exact) mass is 355 g/mol. The van der Waals surface area contributed by atoms with Crippen LogP contribution in [0.25, 0.3) is 0 Å². The molecule has 2 aromatic rings. The Morgan fingerprint density at radius 1 is 1.08 bits per heavy atom. The van der Waals surface area contributed by atoms with Crippen molar-refractivity contribution in [2.24, 2.45) is 0 Å². The van der Waals surface area contributed by atoms with Crippen LogP contribution in [0.2, 0.25) is 0 Å². The van der Waals surface area contributed by atoms with Gasteiger partial charge in [0.2, 0.25) is 5.91 Å². The molecule has 7 heteroatoms. The molecule has 0 aliphatic carbocycles. The average molecular weight is 355 g/mol. The zero-order valence-electron chi connectivity index (χ0n) is 14.8. The lowest BCUT2D eigenvalue weighted by atomic mass is 10.2. The number of ether oxygens (including phenoxy) is 2. The van der Waals surface area contributed by atoms with Crippen LogP contribution in [0.4, 0.5) is 16.2 Å². The van der Waals surface area contributed by atoms with Crippen LogP contribution in [0, 0.1) is 0 Å². The number of anilines is 2. The van der Waals surface area contributed by atoms with Crippen LogP contribution in [-0.4, -0.2) is 50.7 Å². The third-order valence-electron chi connectivity index (χ3n) is 4.16. The minimum atomic E-state index is -0.256. The van der Waals surface area contributed by atoms with Gasteiger partial charge in [-0.05, 0) is 24.3 Å². The summed E-state index contributed by atoms with van der Waals surface area (Å²) in [4.78, 5) is 28.1. The Bertz CT molecular complexity index is 809. The number of amides is 3. The Kier molecular flexibility index (Phi) is 5.26. The first-order chi connectivity index (χ1) is 12.6. The molecule has 1 N–H and O–H groups in total. The average Bonchev–Trinajstić information content (AvgIpc) is 3.02. The third kappa shape index (κ3) is 3.72. The highest BCUT2D eigenvalue weighted by atomic mass is 16.5. The molecule has 0 atom stereocenters. The summed E-state index contributed by atoms with van der Waals surface area (Å²) >= 11 is 0. The number of methoxy groups -OCH3 is 2. The number of carbonyl (C=O) groups is 2. The Balaban J connectivity index is 1.64. The summed E-state index contributed by atoms with van der Waals surface area (Å²) < 4.78 is 10.5. The summed E-state index contributed by atoms with van der Waals surface area (Å²) in [6, 6.07) is 14.2. The minimum absolute atomic E-state index is 0.0122. The maximum Gasteiger partial charge on any atom is 0.325 e. The van der Waals surface area contributed by atoms with Crippen molar-refractivity contribution >= 4 is 23.3 Å². The second kappa shape index (κ2) is 7.77. The second-order valence-electron chi connectivity index (χ2n) is 5.81. The minimum Gasteiger partial charge on any atom is -0.497 e. The first-order valence-corrected chi connectivity index (χ1v) is 8.25. The van der Waals surface area contributed by atoms with E-state index >= 15 is 0 Å². The maximum atomic E-state index is 12.7. The number of benzene rings is 2. The van der Waals surface area contributed by atoms with Crippen molar-refractivity contribution in [3.63, 3.8) is 0 Å². The molecule has 26 heavy (non-hydrogen) atoms. The van der Waals surface area contributed by atoms with Gasteiger partial charge in [-0.3, -0.25) is 9.69 Å².